The number of carbonyl (C=O) groups excluding carboxylic acids is 5. The van der Waals surface area contributed by atoms with Gasteiger partial charge < -0.3 is 44.6 Å². The van der Waals surface area contributed by atoms with Crippen LogP contribution in [0.25, 0.3) is 56.3 Å². The lowest BCUT2D eigenvalue weighted by molar-refractivity contribution is -0.141. The van der Waals surface area contributed by atoms with E-state index >= 15 is 0 Å². The molecule has 133 heavy (non-hydrogen) atoms. The Hall–Kier alpha value is -13.2. The summed E-state index contributed by atoms with van der Waals surface area (Å²) in [4.78, 5) is 94.9. The topological polar surface area (TPSA) is 309 Å². The summed E-state index contributed by atoms with van der Waals surface area (Å²) in [6.07, 6.45) is -11.1. The molecule has 23 nitrogen and oxygen atoms in total. The molecule has 5 aliphatic rings. The summed E-state index contributed by atoms with van der Waals surface area (Å²) in [5.74, 6) is 0.413. The van der Waals surface area contributed by atoms with Gasteiger partial charge in [-0.05, 0) is 159 Å². The fraction of sp³-hybridized carbons (Fsp3) is 0.368. The number of piperidine rings is 1. The van der Waals surface area contributed by atoms with Crippen molar-refractivity contribution >= 4 is 29.5 Å². The number of hydrogen-bond donors (Lipinski definition) is 3. The molecule has 5 fully saturated rings. The minimum Gasteiger partial charge on any atom is -0.392 e. The molecule has 15 rings (SSSR count). The molecule has 12 heterocycles. The van der Waals surface area contributed by atoms with Crippen molar-refractivity contribution in [3.8, 4) is 68.4 Å². The number of ether oxygens (including phenoxy) is 1. The van der Waals surface area contributed by atoms with E-state index in [0.29, 0.717) is 177 Å². The van der Waals surface area contributed by atoms with Gasteiger partial charge in [-0.25, -0.2) is 24.9 Å². The zero-order chi connectivity index (χ0) is 96.3. The van der Waals surface area contributed by atoms with Gasteiger partial charge in [0.2, 0.25) is 29.5 Å². The van der Waals surface area contributed by atoms with Crippen LogP contribution < -0.4 is 0 Å². The van der Waals surface area contributed by atoms with Crippen LogP contribution in [0.1, 0.15) is 178 Å². The Labute approximate surface area is 754 Å². The normalized spacial score (nSPS) is 15.2. The van der Waals surface area contributed by atoms with Crippen LogP contribution >= 0.6 is 0 Å². The van der Waals surface area contributed by atoms with Crippen LogP contribution in [-0.4, -0.2) is 150 Å². The molecule has 38 heteroatoms. The zero-order valence-corrected chi connectivity index (χ0v) is 72.2. The average molecular weight is 1860 g/mol. The zero-order valence-electron chi connectivity index (χ0n) is 72.2. The molecule has 0 bridgehead atoms. The van der Waals surface area contributed by atoms with Gasteiger partial charge in [0.25, 0.3) is 0 Å². The van der Waals surface area contributed by atoms with Crippen molar-refractivity contribution in [3.05, 3.63) is 253 Å². The lowest BCUT2D eigenvalue weighted by Gasteiger charge is -2.26. The van der Waals surface area contributed by atoms with Crippen molar-refractivity contribution in [3.63, 3.8) is 0 Å². The smallest absolute Gasteiger partial charge is 0.392 e. The molecule has 5 aliphatic heterocycles. The minimum atomic E-state index is -4.59. The molecular formula is C95H91F15N14O9. The number of amides is 5. The average Bonchev–Trinajstić information content (AvgIpc) is 1.72. The van der Waals surface area contributed by atoms with E-state index in [2.05, 4.69) is 34.9 Å². The largest absolute Gasteiger partial charge is 0.433 e. The molecule has 3 N–H and O–H groups in total. The lowest BCUT2D eigenvalue weighted by atomic mass is 10.00. The monoisotopic (exact) mass is 1860 g/mol. The first-order valence-corrected chi connectivity index (χ1v) is 42.3. The maximum Gasteiger partial charge on any atom is 0.433 e. The SMILES string of the molecule is Cc1cc(C(F)(F)F)nc(-c2ccc(CN3CCCC3=O)nc2)c1CO.Cc1cc(C(F)(F)F)nc(-c2ccc(CN3CCCCCC3=O)cc2)c1CO.Cc1cc(C(F)(F)F)nc(-c2ccc(CN3CCOCCC3=O)cc2)c1CO.N#Cc1ccc(C(F)(F)F)nc1-c1ccc(CN2CCCC2=O)nc1.N#Cc1ccc(C(F)(F)F)nc1-c1ccc(CN2CCCCC2=O)cc1. The molecule has 0 saturated carbocycles. The predicted molar refractivity (Wildman–Crippen MR) is 454 cm³/mol. The highest BCUT2D eigenvalue weighted by atomic mass is 19.4. The summed E-state index contributed by atoms with van der Waals surface area (Å²) in [5.41, 5.74) is 3.43. The van der Waals surface area contributed by atoms with Gasteiger partial charge in [-0.2, -0.15) is 76.4 Å². The Bertz CT molecular complexity index is 5730. The number of pyridine rings is 7. The Morgan fingerprint density at radius 1 is 0.323 bits per heavy atom. The summed E-state index contributed by atoms with van der Waals surface area (Å²) in [6.45, 7) is 9.65. The number of likely N-dealkylation sites (tertiary alicyclic amines) is 4. The molecule has 3 aromatic carbocycles. The Morgan fingerprint density at radius 3 is 0.947 bits per heavy atom. The number of alkyl halides is 15. The summed E-state index contributed by atoms with van der Waals surface area (Å²) < 4.78 is 200. The fourth-order valence-corrected chi connectivity index (χ4v) is 15.2. The number of aryl methyl sites for hydroxylation is 3. The number of hydrogen-bond acceptors (Lipinski definition) is 18. The van der Waals surface area contributed by atoms with E-state index in [-0.39, 0.29) is 69.1 Å². The van der Waals surface area contributed by atoms with Crippen molar-refractivity contribution in [2.24, 2.45) is 0 Å². The van der Waals surface area contributed by atoms with E-state index in [1.165, 1.54) is 33.2 Å². The number of nitriles is 2. The van der Waals surface area contributed by atoms with Crippen molar-refractivity contribution in [2.45, 2.75) is 181 Å². The van der Waals surface area contributed by atoms with Gasteiger partial charge in [0.05, 0.1) is 104 Å². The molecule has 0 spiro atoms. The molecule has 700 valence electrons. The molecule has 0 radical (unpaired) electrons. The van der Waals surface area contributed by atoms with Gasteiger partial charge in [-0.3, -0.25) is 33.9 Å². The third-order valence-electron chi connectivity index (χ3n) is 22.5. The van der Waals surface area contributed by atoms with Crippen molar-refractivity contribution < 1.29 is 110 Å². The summed E-state index contributed by atoms with van der Waals surface area (Å²) in [7, 11) is 0. The standard InChI is InChI=1S/C21H23F3N2O2.C20H21F3N2O3.C19H16F3N3O.C18H18F3N3O2.C17H13F3N4O/c1-14-11-18(21(22,23)24)25-20(17(14)13-27)16-8-6-15(7-9-16)12-26-10-4-2-3-5-19(26)28;1-13-10-17(20(21,22)23)24-19(16(13)12-26)15-4-2-14(3-5-15)11-25-7-9-28-8-6-18(25)27;20-19(21,22)16-9-8-15(11-23)18(24-16)14-6-4-13(5-7-14)12-25-10-2-1-3-17(25)26;1-11-7-15(18(19,20)21)23-17(14(11)10-25)12-4-5-13(22-8-12)9-24-6-2-3-16(24)26;18-17(19,20)14-6-4-11(8-21)16(23-14)12-3-5-13(22-9-12)10-24-7-1-2-15(24)25/h6-9,11,27H,2-5,10,12-13H2,1H3;2-5,10,26H,6-9,11-12H2,1H3;4-9H,1-3,10,12H2;4-5,7-8,25H,2-3,6,9-10H2,1H3;3-6,9H,1-2,7,10H2. The number of aromatic nitrogens is 7. The maximum atomic E-state index is 13.1. The Morgan fingerprint density at radius 2 is 0.609 bits per heavy atom. The van der Waals surface area contributed by atoms with E-state index in [0.717, 1.165) is 111 Å². The lowest BCUT2D eigenvalue weighted by Crippen LogP contribution is -2.34. The number of aliphatic hydroxyl groups excluding tert-OH is 3. The highest BCUT2D eigenvalue weighted by molar-refractivity contribution is 5.80. The van der Waals surface area contributed by atoms with Crippen molar-refractivity contribution in [1.82, 2.24) is 59.4 Å². The second-order valence-corrected chi connectivity index (χ2v) is 31.9. The molecule has 0 aliphatic carbocycles. The second kappa shape index (κ2) is 44.4. The third-order valence-corrected chi connectivity index (χ3v) is 22.5. The first kappa shape index (κ1) is 100. The van der Waals surface area contributed by atoms with Crippen molar-refractivity contribution in [1.29, 1.82) is 10.5 Å². The number of aliphatic hydroxyl groups is 3. The highest BCUT2D eigenvalue weighted by Crippen LogP contribution is 2.40. The quantitative estimate of drug-likeness (QED) is 0.0672. The molecule has 7 aromatic heterocycles. The van der Waals surface area contributed by atoms with Gasteiger partial charge >= 0.3 is 30.9 Å². The van der Waals surface area contributed by atoms with Crippen LogP contribution in [-0.2, 0) is 112 Å². The minimum absolute atomic E-state index is 0.00271. The Balaban J connectivity index is 0.000000160. The number of benzene rings is 3. The molecule has 0 atom stereocenters. The molecule has 5 amide bonds. The van der Waals surface area contributed by atoms with Gasteiger partial charge in [0.1, 0.15) is 40.6 Å². The van der Waals surface area contributed by atoms with E-state index in [1.54, 1.807) is 117 Å². The summed E-state index contributed by atoms with van der Waals surface area (Å²) in [5, 5.41) is 47.0. The van der Waals surface area contributed by atoms with E-state index in [9.17, 15) is 105 Å². The first-order valence-electron chi connectivity index (χ1n) is 42.3. The Kier molecular flexibility index (Phi) is 33.5. The van der Waals surface area contributed by atoms with Crippen LogP contribution in [0.3, 0.4) is 0 Å². The van der Waals surface area contributed by atoms with E-state index in [4.69, 9.17) is 15.3 Å². The second-order valence-electron chi connectivity index (χ2n) is 31.9. The van der Waals surface area contributed by atoms with Crippen LogP contribution in [0.4, 0.5) is 65.9 Å². The third kappa shape index (κ3) is 26.8. The van der Waals surface area contributed by atoms with E-state index in [1.807, 2.05) is 17.0 Å². The summed E-state index contributed by atoms with van der Waals surface area (Å²) >= 11 is 0. The van der Waals surface area contributed by atoms with E-state index < -0.39 is 79.2 Å². The number of halogens is 15. The molecule has 0 unspecified atom stereocenters. The van der Waals surface area contributed by atoms with Crippen LogP contribution in [0.15, 0.2) is 152 Å². The van der Waals surface area contributed by atoms with Gasteiger partial charge in [-0.15, -0.1) is 0 Å². The van der Waals surface area contributed by atoms with Gasteiger partial charge in [0, 0.05) is 135 Å². The fourth-order valence-electron chi connectivity index (χ4n) is 15.2. The van der Waals surface area contributed by atoms with Crippen LogP contribution in [0, 0.1) is 43.4 Å². The summed E-state index contributed by atoms with van der Waals surface area (Å²) in [6, 6.07) is 37.4. The van der Waals surface area contributed by atoms with Gasteiger partial charge in [0.15, 0.2) is 0 Å². The predicted octanol–water partition coefficient (Wildman–Crippen LogP) is 18.2. The number of carbonyl (C=O) groups is 5. The molecule has 5 saturated heterocycles. The van der Waals surface area contributed by atoms with Crippen LogP contribution in [0.5, 0.6) is 0 Å². The molecule has 10 aromatic rings. The van der Waals surface area contributed by atoms with Gasteiger partial charge in [-0.1, -0.05) is 79.2 Å². The molecular weight excluding hydrogens is 1770 g/mol. The van der Waals surface area contributed by atoms with Crippen LogP contribution in [0.2, 0.25) is 0 Å². The highest BCUT2D eigenvalue weighted by Gasteiger charge is 2.39. The number of nitrogens with zero attached hydrogens (tertiary/aromatic N) is 14. The number of rotatable bonds is 18. The first-order chi connectivity index (χ1) is 63.1. The van der Waals surface area contributed by atoms with Crippen molar-refractivity contribution in [2.75, 3.05) is 45.9 Å². The maximum absolute atomic E-state index is 13.1.